The molecule has 0 aromatic carbocycles. The van der Waals surface area contributed by atoms with Gasteiger partial charge in [-0.25, -0.2) is 4.79 Å². The molecule has 0 saturated heterocycles. The van der Waals surface area contributed by atoms with E-state index in [1.165, 1.54) is 135 Å². The van der Waals surface area contributed by atoms with Crippen molar-refractivity contribution in [1.82, 2.24) is 0 Å². The molecule has 0 radical (unpaired) electrons. The summed E-state index contributed by atoms with van der Waals surface area (Å²) in [7, 11) is 0. The second-order valence-corrected chi connectivity index (χ2v) is 11.5. The number of ether oxygens (including phenoxy) is 2. The second-order valence-electron chi connectivity index (χ2n) is 11.5. The average molecular weight is 561 g/mol. The smallest absolute Gasteiger partial charge is 0.434 e. The molecule has 0 aliphatic heterocycles. The van der Waals surface area contributed by atoms with E-state index in [1.54, 1.807) is 0 Å². The van der Waals surface area contributed by atoms with Gasteiger partial charge in [-0.05, 0) is 70.6 Å². The van der Waals surface area contributed by atoms with Crippen molar-refractivity contribution in [3.63, 3.8) is 0 Å². The van der Waals surface area contributed by atoms with Gasteiger partial charge in [0, 0.05) is 0 Å². The van der Waals surface area contributed by atoms with Crippen molar-refractivity contribution in [2.45, 2.75) is 181 Å². The second kappa shape index (κ2) is 35.5. The molecule has 0 N–H and O–H groups in total. The van der Waals surface area contributed by atoms with Crippen LogP contribution in [-0.4, -0.2) is 19.4 Å². The lowest BCUT2D eigenvalue weighted by atomic mass is 10.1. The molecule has 0 aliphatic carbocycles. The van der Waals surface area contributed by atoms with E-state index in [9.17, 15) is 4.79 Å². The van der Waals surface area contributed by atoms with Gasteiger partial charge in [0.05, 0.1) is 13.2 Å². The van der Waals surface area contributed by atoms with E-state index in [2.05, 4.69) is 50.3 Å². The highest BCUT2D eigenvalue weighted by molar-refractivity contribution is 5.59. The van der Waals surface area contributed by atoms with E-state index in [1.807, 2.05) is 0 Å². The quantitative estimate of drug-likeness (QED) is 0.0480. The summed E-state index contributed by atoms with van der Waals surface area (Å²) in [4.78, 5) is 11.7. The predicted octanol–water partition coefficient (Wildman–Crippen LogP) is 13.0. The molecule has 0 heterocycles. The van der Waals surface area contributed by atoms with E-state index in [0.717, 1.165) is 32.1 Å². The molecular formula is C37H68O3. The van der Waals surface area contributed by atoms with E-state index >= 15 is 0 Å². The Bertz CT molecular complexity index is 578. The molecule has 0 atom stereocenters. The van der Waals surface area contributed by atoms with E-state index in [0.29, 0.717) is 13.2 Å². The Hall–Kier alpha value is -1.51. The molecule has 3 nitrogen and oxygen atoms in total. The van der Waals surface area contributed by atoms with Gasteiger partial charge in [0.1, 0.15) is 0 Å². The van der Waals surface area contributed by atoms with Gasteiger partial charge in [0.2, 0.25) is 0 Å². The molecule has 0 fully saturated rings. The molecule has 0 spiro atoms. The number of allylic oxidation sites excluding steroid dienone is 6. The number of rotatable bonds is 31. The normalized spacial score (nSPS) is 11.8. The van der Waals surface area contributed by atoms with Crippen molar-refractivity contribution in [3.05, 3.63) is 36.5 Å². The lowest BCUT2D eigenvalue weighted by Crippen LogP contribution is -2.09. The first-order chi connectivity index (χ1) is 19.8. The maximum absolute atomic E-state index is 11.7. The fourth-order valence-corrected chi connectivity index (χ4v) is 4.79. The third kappa shape index (κ3) is 34.5. The Labute approximate surface area is 250 Å². The first kappa shape index (κ1) is 38.5. The van der Waals surface area contributed by atoms with Crippen LogP contribution in [0.2, 0.25) is 0 Å². The third-order valence-corrected chi connectivity index (χ3v) is 7.44. The van der Waals surface area contributed by atoms with E-state index < -0.39 is 6.16 Å². The van der Waals surface area contributed by atoms with Gasteiger partial charge >= 0.3 is 6.16 Å². The summed E-state index contributed by atoms with van der Waals surface area (Å²) >= 11 is 0. The van der Waals surface area contributed by atoms with Crippen LogP contribution in [0.15, 0.2) is 36.5 Å². The molecule has 0 saturated carbocycles. The van der Waals surface area contributed by atoms with Crippen LogP contribution in [0.1, 0.15) is 181 Å². The van der Waals surface area contributed by atoms with Gasteiger partial charge in [0.15, 0.2) is 0 Å². The number of carbonyl (C=O) groups is 1. The van der Waals surface area contributed by atoms with Gasteiger partial charge < -0.3 is 9.47 Å². The van der Waals surface area contributed by atoms with Crippen molar-refractivity contribution >= 4 is 6.16 Å². The highest BCUT2D eigenvalue weighted by Gasteiger charge is 2.03. The zero-order valence-electron chi connectivity index (χ0n) is 27.0. The fraction of sp³-hybridized carbons (Fsp3) is 0.811. The molecule has 0 amide bonds. The Morgan fingerprint density at radius 2 is 0.700 bits per heavy atom. The highest BCUT2D eigenvalue weighted by atomic mass is 16.7. The summed E-state index contributed by atoms with van der Waals surface area (Å²) in [5.41, 5.74) is 0. The molecule has 0 bridgehead atoms. The summed E-state index contributed by atoms with van der Waals surface area (Å²) in [6.07, 6.45) is 46.0. The van der Waals surface area contributed by atoms with Crippen LogP contribution in [-0.2, 0) is 9.47 Å². The molecule has 0 rings (SSSR count). The van der Waals surface area contributed by atoms with Crippen molar-refractivity contribution in [2.75, 3.05) is 13.2 Å². The van der Waals surface area contributed by atoms with Crippen LogP contribution in [0.5, 0.6) is 0 Å². The minimum atomic E-state index is -0.490. The zero-order chi connectivity index (χ0) is 29.0. The molecule has 0 aromatic heterocycles. The molecule has 0 aromatic rings. The lowest BCUT2D eigenvalue weighted by Gasteiger charge is -2.06. The SMILES string of the molecule is CCCCCC=CCC=CCCCCCCCCOC(=O)OCCCCCCCCC=CCCCCCCCC. The van der Waals surface area contributed by atoms with Crippen LogP contribution >= 0.6 is 0 Å². The predicted molar refractivity (Wildman–Crippen MR) is 176 cm³/mol. The highest BCUT2D eigenvalue weighted by Crippen LogP contribution is 2.11. The maximum Gasteiger partial charge on any atom is 0.508 e. The van der Waals surface area contributed by atoms with Gasteiger partial charge in [-0.3, -0.25) is 0 Å². The Balaban J connectivity index is 3.25. The minimum Gasteiger partial charge on any atom is -0.434 e. The summed E-state index contributed by atoms with van der Waals surface area (Å²) in [6.45, 7) is 5.50. The number of unbranched alkanes of at least 4 members (excludes halogenated alkanes) is 21. The van der Waals surface area contributed by atoms with Crippen LogP contribution in [0.4, 0.5) is 4.79 Å². The third-order valence-electron chi connectivity index (χ3n) is 7.44. The largest absolute Gasteiger partial charge is 0.508 e. The average Bonchev–Trinajstić information content (AvgIpc) is 2.96. The Morgan fingerprint density at radius 3 is 1.12 bits per heavy atom. The van der Waals surface area contributed by atoms with Gasteiger partial charge in [0.25, 0.3) is 0 Å². The van der Waals surface area contributed by atoms with Crippen LogP contribution in [0.25, 0.3) is 0 Å². The topological polar surface area (TPSA) is 35.5 Å². The first-order valence-electron chi connectivity index (χ1n) is 17.6. The monoisotopic (exact) mass is 561 g/mol. The van der Waals surface area contributed by atoms with Crippen molar-refractivity contribution < 1.29 is 14.3 Å². The molecule has 3 heteroatoms. The summed E-state index contributed by atoms with van der Waals surface area (Å²) < 4.78 is 10.4. The van der Waals surface area contributed by atoms with Crippen LogP contribution < -0.4 is 0 Å². The number of hydrogen-bond donors (Lipinski definition) is 0. The molecular weight excluding hydrogens is 492 g/mol. The fourth-order valence-electron chi connectivity index (χ4n) is 4.79. The molecule has 0 unspecified atom stereocenters. The number of hydrogen-bond acceptors (Lipinski definition) is 3. The Kier molecular flexibility index (Phi) is 34.2. The Morgan fingerprint density at radius 1 is 0.400 bits per heavy atom. The minimum absolute atomic E-state index is 0.487. The summed E-state index contributed by atoms with van der Waals surface area (Å²) in [5, 5.41) is 0. The summed E-state index contributed by atoms with van der Waals surface area (Å²) in [6, 6.07) is 0. The molecule has 0 aliphatic rings. The van der Waals surface area contributed by atoms with Crippen molar-refractivity contribution in [3.8, 4) is 0 Å². The van der Waals surface area contributed by atoms with E-state index in [4.69, 9.17) is 9.47 Å². The standard InChI is InChI=1S/C37H68O3/c1-3-5-7-9-11-13-15-17-19-21-23-25-27-29-31-33-35-39-37(38)40-36-34-32-30-28-26-24-22-20-18-16-14-12-10-8-6-4-2/h11,13,17-20H,3-10,12,14-16,21-36H2,1-2H3. The maximum atomic E-state index is 11.7. The van der Waals surface area contributed by atoms with Crippen LogP contribution in [0, 0.1) is 0 Å². The van der Waals surface area contributed by atoms with Gasteiger partial charge in [-0.15, -0.1) is 0 Å². The molecule has 234 valence electrons. The first-order valence-corrected chi connectivity index (χ1v) is 17.6. The summed E-state index contributed by atoms with van der Waals surface area (Å²) in [5.74, 6) is 0. The lowest BCUT2D eigenvalue weighted by molar-refractivity contribution is 0.0529. The van der Waals surface area contributed by atoms with Crippen molar-refractivity contribution in [1.29, 1.82) is 0 Å². The van der Waals surface area contributed by atoms with Gasteiger partial charge in [-0.1, -0.05) is 147 Å². The van der Waals surface area contributed by atoms with Crippen molar-refractivity contribution in [2.24, 2.45) is 0 Å². The van der Waals surface area contributed by atoms with Gasteiger partial charge in [-0.2, -0.15) is 0 Å². The zero-order valence-corrected chi connectivity index (χ0v) is 27.0. The van der Waals surface area contributed by atoms with Crippen LogP contribution in [0.3, 0.4) is 0 Å². The molecule has 40 heavy (non-hydrogen) atoms. The van der Waals surface area contributed by atoms with E-state index in [-0.39, 0.29) is 0 Å². The number of carbonyl (C=O) groups excluding carboxylic acids is 1.